The Morgan fingerprint density at radius 1 is 1.06 bits per heavy atom. The molecule has 1 heterocycles. The summed E-state index contributed by atoms with van der Waals surface area (Å²) in [6.45, 7) is 0. The number of ether oxygens (including phenoxy) is 1. The molecule has 1 aliphatic heterocycles. The van der Waals surface area contributed by atoms with Gasteiger partial charge in [0.1, 0.15) is 23.0 Å². The van der Waals surface area contributed by atoms with E-state index in [4.69, 9.17) is 4.74 Å². The third-order valence-corrected chi connectivity index (χ3v) is 4.72. The van der Waals surface area contributed by atoms with Crippen molar-refractivity contribution in [3.8, 4) is 11.5 Å². The Balaban J connectivity index is 1.80. The number of amidine groups is 1. The summed E-state index contributed by atoms with van der Waals surface area (Å²) in [4.78, 5) is 29.4. The molecule has 31 heavy (non-hydrogen) atoms. The second kappa shape index (κ2) is 8.11. The third-order valence-electron chi connectivity index (χ3n) is 4.72. The number of benzene rings is 3. The quantitative estimate of drug-likeness (QED) is 0.383. The zero-order valence-corrected chi connectivity index (χ0v) is 16.4. The maximum atomic E-state index is 13.3. The van der Waals surface area contributed by atoms with Crippen LogP contribution in [-0.2, 0) is 4.79 Å². The summed E-state index contributed by atoms with van der Waals surface area (Å²) in [6.07, 6.45) is 1.63. The zero-order chi connectivity index (χ0) is 22.0. The van der Waals surface area contributed by atoms with Crippen molar-refractivity contribution in [3.05, 3.63) is 99.7 Å². The molecule has 0 fully saturated rings. The minimum atomic E-state index is -0.615. The van der Waals surface area contributed by atoms with E-state index in [9.17, 15) is 20.0 Å². The van der Waals surface area contributed by atoms with Crippen LogP contribution in [0.25, 0.3) is 6.08 Å². The minimum Gasteiger partial charge on any atom is -0.505 e. The molecular weight excluding hydrogens is 398 g/mol. The van der Waals surface area contributed by atoms with E-state index in [-0.39, 0.29) is 17.1 Å². The van der Waals surface area contributed by atoms with E-state index in [1.54, 1.807) is 61.7 Å². The van der Waals surface area contributed by atoms with Crippen LogP contribution in [0, 0.1) is 10.1 Å². The van der Waals surface area contributed by atoms with Crippen LogP contribution in [-0.4, -0.2) is 28.9 Å². The highest BCUT2D eigenvalue weighted by Crippen LogP contribution is 2.36. The molecule has 8 heteroatoms. The maximum absolute atomic E-state index is 13.3. The molecule has 1 amide bonds. The van der Waals surface area contributed by atoms with Crippen molar-refractivity contribution in [2.45, 2.75) is 0 Å². The number of nitrogens with zero attached hydrogens (tertiary/aromatic N) is 3. The van der Waals surface area contributed by atoms with Crippen LogP contribution in [0.1, 0.15) is 11.1 Å². The van der Waals surface area contributed by atoms with Gasteiger partial charge in [0.05, 0.1) is 23.8 Å². The molecule has 0 unspecified atom stereocenters. The van der Waals surface area contributed by atoms with E-state index in [2.05, 4.69) is 4.99 Å². The van der Waals surface area contributed by atoms with E-state index in [1.165, 1.54) is 17.0 Å². The van der Waals surface area contributed by atoms with Crippen LogP contribution >= 0.6 is 0 Å². The van der Waals surface area contributed by atoms with E-state index >= 15 is 0 Å². The largest absolute Gasteiger partial charge is 0.505 e. The number of phenolic OH excluding ortho intramolecular Hbond substituents is 1. The SMILES string of the molecule is COc1ccc(/C=C2/N=C(c3ccccc3)N(c3ccc([N+](=O)[O-])cc3O)C2=O)cc1. The van der Waals surface area contributed by atoms with Crippen LogP contribution < -0.4 is 9.64 Å². The Hall–Kier alpha value is -4.46. The van der Waals surface area contributed by atoms with Gasteiger partial charge in [-0.15, -0.1) is 0 Å². The van der Waals surface area contributed by atoms with Crippen molar-refractivity contribution in [3.63, 3.8) is 0 Å². The van der Waals surface area contributed by atoms with Crippen molar-refractivity contribution in [2.75, 3.05) is 12.0 Å². The fourth-order valence-corrected chi connectivity index (χ4v) is 3.19. The Morgan fingerprint density at radius 2 is 1.77 bits per heavy atom. The molecule has 0 spiro atoms. The number of aromatic hydroxyl groups is 1. The van der Waals surface area contributed by atoms with E-state index in [0.29, 0.717) is 17.1 Å². The van der Waals surface area contributed by atoms with Crippen molar-refractivity contribution in [2.24, 2.45) is 4.99 Å². The van der Waals surface area contributed by atoms with Crippen molar-refractivity contribution in [1.82, 2.24) is 0 Å². The molecule has 0 radical (unpaired) electrons. The molecule has 0 aliphatic carbocycles. The first-order chi connectivity index (χ1) is 15.0. The number of aliphatic imine (C=N–C) groups is 1. The van der Waals surface area contributed by atoms with Crippen molar-refractivity contribution in [1.29, 1.82) is 0 Å². The summed E-state index contributed by atoms with van der Waals surface area (Å²) in [5.74, 6) is 0.149. The summed E-state index contributed by atoms with van der Waals surface area (Å²) in [7, 11) is 1.57. The fraction of sp³-hybridized carbons (Fsp3) is 0.0435. The summed E-state index contributed by atoms with van der Waals surface area (Å²) in [6, 6.07) is 19.7. The van der Waals surface area contributed by atoms with Gasteiger partial charge < -0.3 is 9.84 Å². The summed E-state index contributed by atoms with van der Waals surface area (Å²) < 4.78 is 5.15. The van der Waals surface area contributed by atoms with Gasteiger partial charge in [-0.3, -0.25) is 19.8 Å². The summed E-state index contributed by atoms with van der Waals surface area (Å²) >= 11 is 0. The number of non-ortho nitro benzene ring substituents is 1. The van der Waals surface area contributed by atoms with Crippen LogP contribution in [0.4, 0.5) is 11.4 Å². The second-order valence-corrected chi connectivity index (χ2v) is 6.67. The number of carbonyl (C=O) groups is 1. The standard InChI is InChI=1S/C23H17N3O5/c1-31-18-10-7-15(8-11-18)13-19-23(28)25(22(24-19)16-5-3-2-4-6-16)20-12-9-17(26(29)30)14-21(20)27/h2-14,27H,1H3/b19-13+. The Kier molecular flexibility index (Phi) is 5.19. The first-order valence-electron chi connectivity index (χ1n) is 9.29. The number of phenols is 1. The van der Waals surface area contributed by atoms with Gasteiger partial charge in [-0.2, -0.15) is 0 Å². The van der Waals surface area contributed by atoms with Gasteiger partial charge in [-0.05, 0) is 29.8 Å². The highest BCUT2D eigenvalue weighted by molar-refractivity contribution is 6.33. The molecule has 0 aromatic heterocycles. The van der Waals surface area contributed by atoms with Gasteiger partial charge >= 0.3 is 0 Å². The van der Waals surface area contributed by atoms with Crippen molar-refractivity contribution >= 4 is 29.2 Å². The predicted molar refractivity (Wildman–Crippen MR) is 116 cm³/mol. The topological polar surface area (TPSA) is 105 Å². The molecule has 154 valence electrons. The average Bonchev–Trinajstić information content (AvgIpc) is 3.10. The number of amides is 1. The number of nitro groups is 1. The molecule has 0 saturated heterocycles. The molecule has 0 bridgehead atoms. The normalized spacial score (nSPS) is 14.6. The number of hydrogen-bond donors (Lipinski definition) is 1. The second-order valence-electron chi connectivity index (χ2n) is 6.67. The predicted octanol–water partition coefficient (Wildman–Crippen LogP) is 4.14. The van der Waals surface area contributed by atoms with Gasteiger partial charge in [0.15, 0.2) is 0 Å². The average molecular weight is 415 g/mol. The molecule has 1 aliphatic rings. The molecule has 4 rings (SSSR count). The lowest BCUT2D eigenvalue weighted by Gasteiger charge is -2.19. The van der Waals surface area contributed by atoms with Gasteiger partial charge in [0.25, 0.3) is 11.6 Å². The van der Waals surface area contributed by atoms with E-state index < -0.39 is 16.6 Å². The van der Waals surface area contributed by atoms with Gasteiger partial charge in [-0.25, -0.2) is 4.99 Å². The third kappa shape index (κ3) is 3.86. The van der Waals surface area contributed by atoms with Crippen molar-refractivity contribution < 1.29 is 19.6 Å². The zero-order valence-electron chi connectivity index (χ0n) is 16.4. The minimum absolute atomic E-state index is 0.108. The van der Waals surface area contributed by atoms with Gasteiger partial charge in [-0.1, -0.05) is 42.5 Å². The lowest BCUT2D eigenvalue weighted by molar-refractivity contribution is -0.384. The number of hydrogen-bond acceptors (Lipinski definition) is 6. The van der Waals surface area contributed by atoms with Gasteiger partial charge in [0, 0.05) is 11.6 Å². The van der Waals surface area contributed by atoms with Crippen LogP contribution in [0.2, 0.25) is 0 Å². The van der Waals surface area contributed by atoms with E-state index in [1.807, 2.05) is 6.07 Å². The number of methoxy groups -OCH3 is 1. The molecule has 3 aromatic rings. The van der Waals surface area contributed by atoms with Gasteiger partial charge in [0.2, 0.25) is 0 Å². The molecular formula is C23H17N3O5. The Morgan fingerprint density at radius 3 is 2.39 bits per heavy atom. The maximum Gasteiger partial charge on any atom is 0.282 e. The lowest BCUT2D eigenvalue weighted by atomic mass is 10.1. The lowest BCUT2D eigenvalue weighted by Crippen LogP contribution is -2.32. The highest BCUT2D eigenvalue weighted by Gasteiger charge is 2.34. The molecule has 0 saturated carbocycles. The monoisotopic (exact) mass is 415 g/mol. The Bertz CT molecular complexity index is 1220. The number of carbonyl (C=O) groups excluding carboxylic acids is 1. The van der Waals surface area contributed by atoms with Crippen LogP contribution in [0.15, 0.2) is 83.5 Å². The Labute approximate surface area is 177 Å². The smallest absolute Gasteiger partial charge is 0.282 e. The van der Waals surface area contributed by atoms with E-state index in [0.717, 1.165) is 11.6 Å². The first-order valence-corrected chi connectivity index (χ1v) is 9.29. The fourth-order valence-electron chi connectivity index (χ4n) is 3.19. The number of rotatable bonds is 5. The first kappa shape index (κ1) is 19.8. The van der Waals surface area contributed by atoms with Crippen LogP contribution in [0.3, 0.4) is 0 Å². The van der Waals surface area contributed by atoms with Crippen LogP contribution in [0.5, 0.6) is 11.5 Å². The molecule has 0 atom stereocenters. The number of anilines is 1. The summed E-state index contributed by atoms with van der Waals surface area (Å²) in [5.41, 5.74) is 1.40. The summed E-state index contributed by atoms with van der Waals surface area (Å²) in [5, 5.41) is 21.4. The number of nitro benzene ring substituents is 1. The highest BCUT2D eigenvalue weighted by atomic mass is 16.6. The molecule has 1 N–H and O–H groups in total. The molecule has 8 nitrogen and oxygen atoms in total. The molecule has 3 aromatic carbocycles.